The smallest absolute Gasteiger partial charge is 0.370 e. The van der Waals surface area contributed by atoms with E-state index >= 15 is 0 Å². The van der Waals surface area contributed by atoms with Gasteiger partial charge in [-0.2, -0.15) is 13.2 Å². The number of nitrogens with zero attached hydrogens (tertiary/aromatic N) is 1. The van der Waals surface area contributed by atoms with E-state index in [1.165, 1.54) is 25.1 Å². The number of halogens is 6. The molecule has 0 fully saturated rings. The largest absolute Gasteiger partial charge is 0.417 e. The zero-order valence-electron chi connectivity index (χ0n) is 17.2. The quantitative estimate of drug-likeness (QED) is 0.231. The molecule has 3 rings (SSSR count). The summed E-state index contributed by atoms with van der Waals surface area (Å²) in [7, 11) is 0. The van der Waals surface area contributed by atoms with Gasteiger partial charge in [0.2, 0.25) is 6.23 Å². The lowest BCUT2D eigenvalue weighted by Crippen LogP contribution is -2.35. The highest BCUT2D eigenvalue weighted by Gasteiger charge is 2.36. The summed E-state index contributed by atoms with van der Waals surface area (Å²) in [6.07, 6.45) is -4.77. The summed E-state index contributed by atoms with van der Waals surface area (Å²) in [6, 6.07) is 5.34. The third-order valence-electron chi connectivity index (χ3n) is 4.74. The van der Waals surface area contributed by atoms with Gasteiger partial charge in [-0.3, -0.25) is 9.59 Å². The van der Waals surface area contributed by atoms with Crippen molar-refractivity contribution in [2.24, 2.45) is 5.16 Å². The maximum Gasteiger partial charge on any atom is 0.417 e. The van der Waals surface area contributed by atoms with Crippen LogP contribution < -0.4 is 5.32 Å². The molecule has 174 valence electrons. The standard InChI is InChI=1S/C22H16Cl2F4N2O3/c1-10-5-12(3-4-14(10)21(32)29-19-6-11(2)30-33-19)18(31)9-15(22(26,27)28)13-7-16(23)20(25)17(24)8-13/h3-5,7-9,19H,6H2,1-2H3,(H,29,32)/b15-9+. The van der Waals surface area contributed by atoms with Crippen molar-refractivity contribution in [2.45, 2.75) is 32.7 Å². The number of oxime groups is 1. The summed E-state index contributed by atoms with van der Waals surface area (Å²) in [5, 5.41) is 5.13. The Balaban J connectivity index is 1.88. The predicted molar refractivity (Wildman–Crippen MR) is 116 cm³/mol. The Morgan fingerprint density at radius 1 is 1.12 bits per heavy atom. The van der Waals surface area contributed by atoms with Gasteiger partial charge in [0, 0.05) is 17.5 Å². The molecule has 1 amide bonds. The van der Waals surface area contributed by atoms with E-state index in [0.717, 1.165) is 12.1 Å². The van der Waals surface area contributed by atoms with Gasteiger partial charge in [-0.25, -0.2) is 4.39 Å². The highest BCUT2D eigenvalue weighted by Crippen LogP contribution is 2.37. The van der Waals surface area contributed by atoms with E-state index in [1.54, 1.807) is 6.92 Å². The van der Waals surface area contributed by atoms with Crippen LogP contribution in [0.25, 0.3) is 5.57 Å². The highest BCUT2D eigenvalue weighted by molar-refractivity contribution is 6.35. The maximum atomic E-state index is 13.6. The second-order valence-corrected chi connectivity index (χ2v) is 8.12. The van der Waals surface area contributed by atoms with Crippen molar-refractivity contribution in [1.29, 1.82) is 0 Å². The Bertz CT molecular complexity index is 1170. The average Bonchev–Trinajstić information content (AvgIpc) is 3.13. The number of ketones is 1. The van der Waals surface area contributed by atoms with Crippen LogP contribution in [0.2, 0.25) is 10.0 Å². The fourth-order valence-electron chi connectivity index (χ4n) is 3.12. The van der Waals surface area contributed by atoms with Gasteiger partial charge in [-0.05, 0) is 55.3 Å². The number of carbonyl (C=O) groups is 2. The van der Waals surface area contributed by atoms with Gasteiger partial charge in [0.25, 0.3) is 5.91 Å². The topological polar surface area (TPSA) is 67.8 Å². The molecule has 33 heavy (non-hydrogen) atoms. The molecular formula is C22H16Cl2F4N2O3. The van der Waals surface area contributed by atoms with Crippen LogP contribution in [-0.4, -0.2) is 29.8 Å². The summed E-state index contributed by atoms with van der Waals surface area (Å²) in [5.74, 6) is -2.52. The van der Waals surface area contributed by atoms with Crippen molar-refractivity contribution in [3.63, 3.8) is 0 Å². The average molecular weight is 503 g/mol. The van der Waals surface area contributed by atoms with Crippen molar-refractivity contribution in [3.05, 3.63) is 74.5 Å². The first kappa shape index (κ1) is 24.7. The van der Waals surface area contributed by atoms with Crippen LogP contribution >= 0.6 is 23.2 Å². The number of aryl methyl sites for hydroxylation is 1. The summed E-state index contributed by atoms with van der Waals surface area (Å²) in [4.78, 5) is 30.1. The molecule has 0 bridgehead atoms. The number of hydrogen-bond acceptors (Lipinski definition) is 4. The van der Waals surface area contributed by atoms with Crippen LogP contribution in [0.3, 0.4) is 0 Å². The molecule has 1 aliphatic rings. The van der Waals surface area contributed by atoms with E-state index in [0.29, 0.717) is 23.8 Å². The van der Waals surface area contributed by atoms with Crippen LogP contribution in [0.4, 0.5) is 17.6 Å². The molecule has 5 nitrogen and oxygen atoms in total. The number of amides is 1. The van der Waals surface area contributed by atoms with Crippen LogP contribution in [0.1, 0.15) is 45.2 Å². The molecule has 1 N–H and O–H groups in total. The fourth-order valence-corrected chi connectivity index (χ4v) is 3.61. The van der Waals surface area contributed by atoms with Gasteiger partial charge in [-0.1, -0.05) is 34.4 Å². The molecular weight excluding hydrogens is 487 g/mol. The lowest BCUT2D eigenvalue weighted by atomic mass is 9.98. The van der Waals surface area contributed by atoms with Crippen LogP contribution in [0, 0.1) is 12.7 Å². The van der Waals surface area contributed by atoms with Crippen molar-refractivity contribution < 1.29 is 32.0 Å². The van der Waals surface area contributed by atoms with Gasteiger partial charge >= 0.3 is 6.18 Å². The lowest BCUT2D eigenvalue weighted by Gasteiger charge is -2.14. The van der Waals surface area contributed by atoms with Crippen molar-refractivity contribution in [2.75, 3.05) is 0 Å². The lowest BCUT2D eigenvalue weighted by molar-refractivity contribution is -0.0689. The molecule has 1 atom stereocenters. The molecule has 0 radical (unpaired) electrons. The predicted octanol–water partition coefficient (Wildman–Crippen LogP) is 6.12. The van der Waals surface area contributed by atoms with E-state index in [2.05, 4.69) is 10.5 Å². The molecule has 1 unspecified atom stereocenters. The minimum atomic E-state index is -4.95. The molecule has 0 aliphatic carbocycles. The fraction of sp³-hybridized carbons (Fsp3) is 0.227. The first-order chi connectivity index (χ1) is 15.4. The summed E-state index contributed by atoms with van der Waals surface area (Å²) < 4.78 is 54.5. The van der Waals surface area contributed by atoms with Gasteiger partial charge < -0.3 is 10.2 Å². The first-order valence-electron chi connectivity index (χ1n) is 9.45. The third kappa shape index (κ3) is 5.72. The van der Waals surface area contributed by atoms with Gasteiger partial charge in [-0.15, -0.1) is 0 Å². The zero-order valence-corrected chi connectivity index (χ0v) is 18.7. The molecule has 0 saturated heterocycles. The third-order valence-corrected chi connectivity index (χ3v) is 5.29. The van der Waals surface area contributed by atoms with Crippen LogP contribution in [-0.2, 0) is 4.84 Å². The van der Waals surface area contributed by atoms with E-state index in [1.807, 2.05) is 0 Å². The Morgan fingerprint density at radius 3 is 2.27 bits per heavy atom. The van der Waals surface area contributed by atoms with E-state index in [4.69, 9.17) is 28.0 Å². The van der Waals surface area contributed by atoms with Crippen molar-refractivity contribution >= 4 is 46.2 Å². The highest BCUT2D eigenvalue weighted by atomic mass is 35.5. The first-order valence-corrected chi connectivity index (χ1v) is 10.2. The SMILES string of the molecule is CC1=NOC(NC(=O)c2ccc(C(=O)/C=C(\c3cc(Cl)c(F)c(Cl)c3)C(F)(F)F)cc2C)C1. The molecule has 1 heterocycles. The van der Waals surface area contributed by atoms with Gasteiger partial charge in [0.15, 0.2) is 11.6 Å². The second kappa shape index (κ2) is 9.52. The molecule has 2 aromatic carbocycles. The van der Waals surface area contributed by atoms with E-state index < -0.39 is 51.1 Å². The van der Waals surface area contributed by atoms with Crippen LogP contribution in [0.5, 0.6) is 0 Å². The second-order valence-electron chi connectivity index (χ2n) is 7.30. The monoisotopic (exact) mass is 502 g/mol. The van der Waals surface area contributed by atoms with Crippen LogP contribution in [0.15, 0.2) is 41.6 Å². The molecule has 11 heteroatoms. The Labute approximate surface area is 196 Å². The number of rotatable bonds is 5. The maximum absolute atomic E-state index is 13.6. The van der Waals surface area contributed by atoms with E-state index in [9.17, 15) is 27.2 Å². The number of carbonyl (C=O) groups excluding carboxylic acids is 2. The Kier molecular flexibility index (Phi) is 7.14. The number of nitrogens with one attached hydrogen (secondary N) is 1. The number of alkyl halides is 3. The Morgan fingerprint density at radius 2 is 1.76 bits per heavy atom. The molecule has 2 aromatic rings. The Hall–Kier alpha value is -2.91. The summed E-state index contributed by atoms with van der Waals surface area (Å²) in [6.45, 7) is 3.28. The normalized spacial score (nSPS) is 16.3. The van der Waals surface area contributed by atoms with Gasteiger partial charge in [0.05, 0.1) is 21.3 Å². The number of benzene rings is 2. The molecule has 1 aliphatic heterocycles. The molecule has 0 saturated carbocycles. The zero-order chi connectivity index (χ0) is 24.5. The number of hydrogen-bond donors (Lipinski definition) is 1. The van der Waals surface area contributed by atoms with Gasteiger partial charge in [0.1, 0.15) is 0 Å². The molecule has 0 spiro atoms. The van der Waals surface area contributed by atoms with E-state index in [-0.39, 0.29) is 11.1 Å². The summed E-state index contributed by atoms with van der Waals surface area (Å²) in [5.41, 5.74) is -0.686. The summed E-state index contributed by atoms with van der Waals surface area (Å²) >= 11 is 11.2. The van der Waals surface area contributed by atoms with Crippen molar-refractivity contribution in [3.8, 4) is 0 Å². The minimum Gasteiger partial charge on any atom is -0.370 e. The van der Waals surface area contributed by atoms with Crippen molar-refractivity contribution in [1.82, 2.24) is 5.32 Å². The minimum absolute atomic E-state index is 0.0820. The number of allylic oxidation sites excluding steroid dienone is 2. The molecule has 0 aromatic heterocycles.